The highest BCUT2D eigenvalue weighted by molar-refractivity contribution is 5.97. The van der Waals surface area contributed by atoms with Gasteiger partial charge in [0.1, 0.15) is 17.6 Å². The van der Waals surface area contributed by atoms with E-state index in [0.29, 0.717) is 17.9 Å². The molecule has 0 aromatic carbocycles. The number of aliphatic hydroxyl groups excluding tert-OH is 1. The summed E-state index contributed by atoms with van der Waals surface area (Å²) >= 11 is 0. The van der Waals surface area contributed by atoms with Crippen LogP contribution in [0.25, 0.3) is 27.7 Å². The predicted octanol–water partition coefficient (Wildman–Crippen LogP) is 3.99. The van der Waals surface area contributed by atoms with Gasteiger partial charge in [-0.25, -0.2) is 14.4 Å². The van der Waals surface area contributed by atoms with Crippen molar-refractivity contribution in [2.45, 2.75) is 39.0 Å². The van der Waals surface area contributed by atoms with Crippen LogP contribution < -0.4 is 5.32 Å². The Hall–Kier alpha value is -3.39. The molecular weight excluding hydrogens is 397 g/mol. The molecular formula is C23H22FN5O2. The average Bonchev–Trinajstić information content (AvgIpc) is 3.30. The van der Waals surface area contributed by atoms with E-state index in [9.17, 15) is 14.3 Å². The van der Waals surface area contributed by atoms with E-state index in [0.717, 1.165) is 33.2 Å². The highest BCUT2D eigenvalue weighted by Gasteiger charge is 2.43. The molecule has 8 heteroatoms. The number of halogens is 1. The number of nitrogens with zero attached hydrogens (tertiary/aromatic N) is 4. The van der Waals surface area contributed by atoms with Gasteiger partial charge in [0.15, 0.2) is 0 Å². The minimum Gasteiger partial charge on any atom is -0.387 e. The molecule has 4 heterocycles. The van der Waals surface area contributed by atoms with E-state index in [1.807, 2.05) is 36.6 Å². The van der Waals surface area contributed by atoms with Crippen molar-refractivity contribution in [1.29, 1.82) is 0 Å². The van der Waals surface area contributed by atoms with E-state index in [1.54, 1.807) is 24.7 Å². The first-order valence-corrected chi connectivity index (χ1v) is 10.3. The molecule has 0 bridgehead atoms. The standard InChI is InChI=1S/C23H22FN5O2/c1-3-20(30)18-6-12(2)16(11-26-18)14-7-13-10-27-21(28-23(31)15-8-17(15)24)9-19(13)29-5-4-25-22(14)29/h4-7,9-11,15,17,20,30H,3,8H2,1-2H3,(H,27,28,31)/t15-,17+,20+/m1/s1. The van der Waals surface area contributed by atoms with Gasteiger partial charge in [0.25, 0.3) is 0 Å². The SMILES string of the molecule is CC[C@H](O)c1cc(C)c(-c2cc3cnc(NC(=O)[C@@H]4C[C@@H]4F)cc3n3ccnc23)cn1. The van der Waals surface area contributed by atoms with Crippen molar-refractivity contribution >= 4 is 28.3 Å². The summed E-state index contributed by atoms with van der Waals surface area (Å²) in [5.74, 6) is -0.526. The molecule has 0 saturated heterocycles. The number of hydrogen-bond donors (Lipinski definition) is 2. The second kappa shape index (κ2) is 7.39. The minimum absolute atomic E-state index is 0.274. The quantitative estimate of drug-likeness (QED) is 0.510. The Balaban J connectivity index is 1.58. The molecule has 4 aromatic heterocycles. The third-order valence-electron chi connectivity index (χ3n) is 5.80. The van der Waals surface area contributed by atoms with Gasteiger partial charge in [-0.05, 0) is 37.5 Å². The molecule has 0 unspecified atom stereocenters. The van der Waals surface area contributed by atoms with Crippen molar-refractivity contribution in [1.82, 2.24) is 19.4 Å². The number of pyridine rings is 3. The third kappa shape index (κ3) is 3.42. The van der Waals surface area contributed by atoms with Crippen molar-refractivity contribution in [2.24, 2.45) is 5.92 Å². The van der Waals surface area contributed by atoms with Gasteiger partial charge in [0, 0.05) is 47.4 Å². The van der Waals surface area contributed by atoms with Gasteiger partial charge < -0.3 is 10.4 Å². The Morgan fingerprint density at radius 1 is 1.26 bits per heavy atom. The third-order valence-corrected chi connectivity index (χ3v) is 5.80. The Bertz CT molecular complexity index is 1320. The van der Waals surface area contributed by atoms with Crippen molar-refractivity contribution in [3.63, 3.8) is 0 Å². The molecule has 3 atom stereocenters. The monoisotopic (exact) mass is 419 g/mol. The normalized spacial score (nSPS) is 19.0. The van der Waals surface area contributed by atoms with Gasteiger partial charge in [-0.3, -0.25) is 14.2 Å². The summed E-state index contributed by atoms with van der Waals surface area (Å²) in [4.78, 5) is 25.4. The van der Waals surface area contributed by atoms with E-state index < -0.39 is 18.2 Å². The lowest BCUT2D eigenvalue weighted by Crippen LogP contribution is -2.16. The molecule has 4 aromatic rings. The molecule has 1 saturated carbocycles. The lowest BCUT2D eigenvalue weighted by atomic mass is 10.0. The van der Waals surface area contributed by atoms with E-state index in [1.165, 1.54) is 0 Å². The number of aryl methyl sites for hydroxylation is 1. The molecule has 1 fully saturated rings. The number of carbonyl (C=O) groups is 1. The maximum atomic E-state index is 13.2. The van der Waals surface area contributed by atoms with Crippen LogP contribution in [0.15, 0.2) is 43.0 Å². The van der Waals surface area contributed by atoms with E-state index in [2.05, 4.69) is 20.3 Å². The molecule has 1 amide bonds. The molecule has 0 radical (unpaired) electrons. The van der Waals surface area contributed by atoms with E-state index in [-0.39, 0.29) is 12.3 Å². The fourth-order valence-electron chi connectivity index (χ4n) is 3.86. The van der Waals surface area contributed by atoms with Crippen molar-refractivity contribution < 1.29 is 14.3 Å². The number of carbonyl (C=O) groups excluding carboxylic acids is 1. The number of anilines is 1. The largest absolute Gasteiger partial charge is 0.387 e. The van der Waals surface area contributed by atoms with Crippen LogP contribution in [-0.4, -0.2) is 36.5 Å². The zero-order chi connectivity index (χ0) is 21.7. The Labute approximate surface area is 178 Å². The second-order valence-electron chi connectivity index (χ2n) is 8.00. The van der Waals surface area contributed by atoms with Gasteiger partial charge in [0.2, 0.25) is 5.91 Å². The minimum atomic E-state index is -1.05. The summed E-state index contributed by atoms with van der Waals surface area (Å²) < 4.78 is 15.1. The number of aliphatic hydroxyl groups is 1. The molecule has 0 aliphatic heterocycles. The van der Waals surface area contributed by atoms with Crippen molar-refractivity contribution in [3.8, 4) is 11.1 Å². The Morgan fingerprint density at radius 2 is 2.06 bits per heavy atom. The first-order chi connectivity index (χ1) is 15.0. The van der Waals surface area contributed by atoms with Crippen LogP contribution >= 0.6 is 0 Å². The zero-order valence-corrected chi connectivity index (χ0v) is 17.2. The van der Waals surface area contributed by atoms with Gasteiger partial charge in [0.05, 0.1) is 23.2 Å². The van der Waals surface area contributed by atoms with Crippen LogP contribution in [0.3, 0.4) is 0 Å². The van der Waals surface area contributed by atoms with Gasteiger partial charge in [-0.15, -0.1) is 0 Å². The lowest BCUT2D eigenvalue weighted by Gasteiger charge is -2.14. The number of imidazole rings is 1. The summed E-state index contributed by atoms with van der Waals surface area (Å²) in [6, 6.07) is 5.67. The van der Waals surface area contributed by atoms with Crippen LogP contribution in [0.5, 0.6) is 0 Å². The smallest absolute Gasteiger partial charge is 0.231 e. The molecule has 0 spiro atoms. The predicted molar refractivity (Wildman–Crippen MR) is 115 cm³/mol. The number of rotatable bonds is 5. The molecule has 158 valence electrons. The molecule has 2 N–H and O–H groups in total. The van der Waals surface area contributed by atoms with Crippen LogP contribution in [0.4, 0.5) is 10.2 Å². The maximum absolute atomic E-state index is 13.2. The molecule has 1 aliphatic carbocycles. The van der Waals surface area contributed by atoms with E-state index in [4.69, 9.17) is 0 Å². The number of aromatic nitrogens is 4. The highest BCUT2D eigenvalue weighted by atomic mass is 19.1. The van der Waals surface area contributed by atoms with Crippen LogP contribution in [0, 0.1) is 12.8 Å². The van der Waals surface area contributed by atoms with Crippen LogP contribution in [0.2, 0.25) is 0 Å². The van der Waals surface area contributed by atoms with Crippen LogP contribution in [0.1, 0.15) is 37.1 Å². The summed E-state index contributed by atoms with van der Waals surface area (Å²) in [5, 5.41) is 13.7. The number of fused-ring (bicyclic) bond motifs is 3. The topological polar surface area (TPSA) is 92.4 Å². The fraction of sp³-hybridized carbons (Fsp3) is 0.304. The highest BCUT2D eigenvalue weighted by Crippen LogP contribution is 2.35. The van der Waals surface area contributed by atoms with Gasteiger partial charge >= 0.3 is 0 Å². The average molecular weight is 419 g/mol. The lowest BCUT2D eigenvalue weighted by molar-refractivity contribution is -0.117. The number of amides is 1. The number of nitrogens with one attached hydrogen (secondary N) is 1. The Morgan fingerprint density at radius 3 is 2.77 bits per heavy atom. The zero-order valence-electron chi connectivity index (χ0n) is 17.2. The maximum Gasteiger partial charge on any atom is 0.231 e. The summed E-state index contributed by atoms with van der Waals surface area (Å²) in [6.45, 7) is 3.90. The molecule has 7 nitrogen and oxygen atoms in total. The molecule has 5 rings (SSSR count). The van der Waals surface area contributed by atoms with Gasteiger partial charge in [-0.2, -0.15) is 0 Å². The van der Waals surface area contributed by atoms with Crippen molar-refractivity contribution in [2.75, 3.05) is 5.32 Å². The molecule has 31 heavy (non-hydrogen) atoms. The van der Waals surface area contributed by atoms with Crippen LogP contribution in [-0.2, 0) is 4.79 Å². The summed E-state index contributed by atoms with van der Waals surface area (Å²) in [6.07, 6.45) is 6.26. The van der Waals surface area contributed by atoms with Gasteiger partial charge in [-0.1, -0.05) is 6.92 Å². The summed E-state index contributed by atoms with van der Waals surface area (Å²) in [7, 11) is 0. The second-order valence-corrected chi connectivity index (χ2v) is 8.00. The van der Waals surface area contributed by atoms with E-state index >= 15 is 0 Å². The Kier molecular flexibility index (Phi) is 4.66. The van der Waals surface area contributed by atoms with Crippen molar-refractivity contribution in [3.05, 3.63) is 54.2 Å². The first kappa shape index (κ1) is 19.6. The summed E-state index contributed by atoms with van der Waals surface area (Å²) in [5.41, 5.74) is 5.04. The molecule has 1 aliphatic rings. The number of alkyl halides is 1. The first-order valence-electron chi connectivity index (χ1n) is 10.3. The fourth-order valence-corrected chi connectivity index (χ4v) is 3.86. The number of hydrogen-bond acceptors (Lipinski definition) is 5.